The number of carbonyl (C=O) groups is 2. The van der Waals surface area contributed by atoms with E-state index in [1.54, 1.807) is 11.9 Å². The summed E-state index contributed by atoms with van der Waals surface area (Å²) in [4.78, 5) is 82.6. The molecule has 1 fully saturated rings. The number of nitrogens with two attached hydrogens (primary N) is 1. The molecule has 25 heteroatoms. The van der Waals surface area contributed by atoms with Crippen molar-refractivity contribution in [2.45, 2.75) is 154 Å². The molecule has 0 spiro atoms. The molecular formula is C57H79N10O13P2+. The van der Waals surface area contributed by atoms with Crippen molar-refractivity contribution in [3.05, 3.63) is 93.3 Å². The number of anilines is 3. The number of phosphoric acid groups is 2. The van der Waals surface area contributed by atoms with Crippen LogP contribution >= 0.6 is 15.6 Å². The number of unbranched alkanes of at least 4 members (excludes halogenated alkanes) is 3. The predicted molar refractivity (Wildman–Crippen MR) is 310 cm³/mol. The zero-order valence-electron chi connectivity index (χ0n) is 48.2. The second kappa shape index (κ2) is 24.0. The topological polar surface area (TPSA) is 310 Å². The Balaban J connectivity index is 0.830. The third-order valence-corrected chi connectivity index (χ3v) is 17.5. The van der Waals surface area contributed by atoms with Crippen LogP contribution in [-0.4, -0.2) is 137 Å². The SMILES string of the molecule is CCN1c2cc3c(cc2C(C)CC1(C)C)C(c1ccccc1C(=O)N(C)CCCC(=O)NCCCCCCNc1nc2c(N)ncnc2n1[C@@H]1O[C@H](COP(=O)(O)O)[C@@H](O)[C@H]1OP(=O)(O)O)=c1cc2c(cc1O3)=[N+](CC)C(C)(C)CC2C. The average Bonchev–Trinajstić information content (AvgIpc) is 1.27. The van der Waals surface area contributed by atoms with Gasteiger partial charge in [-0.1, -0.05) is 44.9 Å². The molecule has 5 aromatic rings. The number of nitrogens with one attached hydrogen (secondary N) is 2. The molecule has 82 heavy (non-hydrogen) atoms. The van der Waals surface area contributed by atoms with E-state index in [9.17, 15) is 43.4 Å². The van der Waals surface area contributed by atoms with Gasteiger partial charge >= 0.3 is 15.6 Å². The summed E-state index contributed by atoms with van der Waals surface area (Å²) in [5.41, 5.74) is 13.3. The van der Waals surface area contributed by atoms with Gasteiger partial charge in [-0.3, -0.25) is 23.2 Å². The van der Waals surface area contributed by atoms with Crippen LogP contribution in [-0.2, 0) is 27.7 Å². The number of imidazole rings is 1. The lowest BCUT2D eigenvalue weighted by atomic mass is 9.77. The van der Waals surface area contributed by atoms with Gasteiger partial charge < -0.3 is 60.3 Å². The van der Waals surface area contributed by atoms with Crippen molar-refractivity contribution in [3.8, 4) is 11.5 Å². The molecule has 0 radical (unpaired) electrons. The van der Waals surface area contributed by atoms with E-state index in [-0.39, 0.29) is 52.2 Å². The third-order valence-electron chi connectivity index (χ3n) is 16.5. The number of nitrogens with zero attached hydrogens (tertiary/aromatic N) is 7. The minimum atomic E-state index is -5.25. The minimum Gasteiger partial charge on any atom is -0.456 e. The summed E-state index contributed by atoms with van der Waals surface area (Å²) in [6.45, 7) is 20.3. The molecule has 3 aromatic carbocycles. The number of ether oxygens (including phenoxy) is 2. The summed E-state index contributed by atoms with van der Waals surface area (Å²) < 4.78 is 49.5. The maximum atomic E-state index is 14.7. The molecule has 0 saturated carbocycles. The third kappa shape index (κ3) is 12.6. The number of hydrogen-bond acceptors (Lipinski definition) is 15. The zero-order valence-corrected chi connectivity index (χ0v) is 50.0. The van der Waals surface area contributed by atoms with Crippen molar-refractivity contribution in [2.75, 3.05) is 62.3 Å². The Bertz CT molecular complexity index is 3470. The lowest BCUT2D eigenvalue weighted by molar-refractivity contribution is -0.121. The molecule has 4 aliphatic rings. The van der Waals surface area contributed by atoms with E-state index in [1.165, 1.54) is 26.7 Å². The van der Waals surface area contributed by atoms with Gasteiger partial charge in [0, 0.05) is 90.8 Å². The summed E-state index contributed by atoms with van der Waals surface area (Å²) in [6, 6.07) is 16.9. The predicted octanol–water partition coefficient (Wildman–Crippen LogP) is 6.16. The highest BCUT2D eigenvalue weighted by Gasteiger charge is 2.50. The number of hydrogen-bond donors (Lipinski definition) is 8. The molecule has 0 bridgehead atoms. The van der Waals surface area contributed by atoms with E-state index in [2.05, 4.69) is 125 Å². The van der Waals surface area contributed by atoms with Gasteiger partial charge in [-0.25, -0.2) is 28.7 Å². The second-order valence-electron chi connectivity index (χ2n) is 23.3. The summed E-state index contributed by atoms with van der Waals surface area (Å²) in [5.74, 6) is 1.95. The van der Waals surface area contributed by atoms with E-state index in [0.29, 0.717) is 56.3 Å². The van der Waals surface area contributed by atoms with Gasteiger partial charge in [0.05, 0.1) is 12.7 Å². The molecule has 444 valence electrons. The van der Waals surface area contributed by atoms with Gasteiger partial charge in [0.15, 0.2) is 28.7 Å². The molecule has 4 aliphatic heterocycles. The van der Waals surface area contributed by atoms with Crippen molar-refractivity contribution in [3.63, 3.8) is 0 Å². The summed E-state index contributed by atoms with van der Waals surface area (Å²) in [7, 11) is -8.49. The molecule has 1 saturated heterocycles. The molecule has 2 unspecified atom stereocenters. The van der Waals surface area contributed by atoms with Crippen molar-refractivity contribution >= 4 is 61.7 Å². The first-order valence-corrected chi connectivity index (χ1v) is 31.4. The van der Waals surface area contributed by atoms with Crippen molar-refractivity contribution in [1.82, 2.24) is 34.3 Å². The van der Waals surface area contributed by atoms with Gasteiger partial charge in [-0.15, -0.1) is 0 Å². The number of amides is 2. The van der Waals surface area contributed by atoms with Crippen LogP contribution in [0.1, 0.15) is 157 Å². The fraction of sp³-hybridized carbons (Fsp3) is 0.544. The van der Waals surface area contributed by atoms with Gasteiger partial charge in [0.1, 0.15) is 42.7 Å². The molecule has 6 atom stereocenters. The summed E-state index contributed by atoms with van der Waals surface area (Å²) in [5, 5.41) is 19.3. The van der Waals surface area contributed by atoms with E-state index in [0.717, 1.165) is 78.5 Å². The Morgan fingerprint density at radius 3 is 2.33 bits per heavy atom. The summed E-state index contributed by atoms with van der Waals surface area (Å²) in [6.07, 6.45) is 0.0447. The highest BCUT2D eigenvalue weighted by Crippen LogP contribution is 2.50. The standard InChI is InChI=1S/C57H78N10O13P2/c1-10-65-41-27-43-39(25-37(41)33(3)29-56(65,5)6)47(40-26-38-34(4)30-57(7,8)66(11-2)42(38)28-44(40)78-43)35-19-14-15-20-36(35)53(70)64(9)24-18-21-46(68)59-22-16-12-13-17-23-60-55-63-48-51(58)61-32-62-52(48)67(55)54-50(80-82(74,75)76)49(69)45(79-54)31-77-81(71,72)73/h14-15,19-20,25-28,32-34,45,49-50,54,58,69H,10-13,16-18,21-24,29-31H2,1-9H3,(H6,59,68,70,71,72,73,74,75,76)/p+1/t33?,34?,45-,49-,50-,54-/m1/s1. The maximum Gasteiger partial charge on any atom is 0.470 e. The van der Waals surface area contributed by atoms with E-state index >= 15 is 0 Å². The van der Waals surface area contributed by atoms with Crippen LogP contribution in [0.25, 0.3) is 16.7 Å². The lowest BCUT2D eigenvalue weighted by Gasteiger charge is -2.47. The van der Waals surface area contributed by atoms with Crippen LogP contribution in [0.15, 0.2) is 54.9 Å². The highest BCUT2D eigenvalue weighted by molar-refractivity contribution is 7.46. The molecule has 9 rings (SSSR count). The maximum absolute atomic E-state index is 14.7. The zero-order chi connectivity index (χ0) is 59.2. The van der Waals surface area contributed by atoms with Gasteiger partial charge in [-0.2, -0.15) is 0 Å². The number of fused-ring (bicyclic) bond motifs is 5. The fourth-order valence-corrected chi connectivity index (χ4v) is 13.8. The Morgan fingerprint density at radius 2 is 1.62 bits per heavy atom. The summed E-state index contributed by atoms with van der Waals surface area (Å²) >= 11 is 0. The number of nitrogen functional groups attached to an aromatic ring is 1. The molecule has 23 nitrogen and oxygen atoms in total. The second-order valence-corrected chi connectivity index (χ2v) is 25.8. The van der Waals surface area contributed by atoms with Crippen molar-refractivity contribution in [1.29, 1.82) is 0 Å². The smallest absolute Gasteiger partial charge is 0.456 e. The number of aliphatic hydroxyl groups excluding tert-OH is 1. The molecule has 9 N–H and O–H groups in total. The Morgan fingerprint density at radius 1 is 0.902 bits per heavy atom. The monoisotopic (exact) mass is 1170 g/mol. The molecule has 0 aliphatic carbocycles. The van der Waals surface area contributed by atoms with E-state index in [4.69, 9.17) is 19.7 Å². The minimum absolute atomic E-state index is 0.0210. The quantitative estimate of drug-likeness (QED) is 0.0214. The van der Waals surface area contributed by atoms with Gasteiger partial charge in [0.25, 0.3) is 5.91 Å². The first-order valence-electron chi connectivity index (χ1n) is 28.3. The first-order chi connectivity index (χ1) is 38.7. The Labute approximate surface area is 477 Å². The largest absolute Gasteiger partial charge is 0.470 e. The molecule has 2 aromatic heterocycles. The number of phosphoric ester groups is 2. The van der Waals surface area contributed by atoms with Crippen LogP contribution in [0.4, 0.5) is 17.5 Å². The normalized spacial score (nSPS) is 21.8. The number of aliphatic hydroxyl groups is 1. The van der Waals surface area contributed by atoms with Crippen molar-refractivity contribution < 1.29 is 61.9 Å². The Hall–Kier alpha value is -5.84. The van der Waals surface area contributed by atoms with Gasteiger partial charge in [0.2, 0.25) is 17.2 Å². The number of aromatic nitrogens is 4. The number of rotatable bonds is 22. The van der Waals surface area contributed by atoms with E-state index in [1.807, 2.05) is 18.2 Å². The average molecular weight is 1170 g/mol. The highest BCUT2D eigenvalue weighted by atomic mass is 31.2. The Kier molecular flexibility index (Phi) is 17.8. The van der Waals surface area contributed by atoms with Crippen LogP contribution in [0.5, 0.6) is 11.5 Å². The van der Waals surface area contributed by atoms with Crippen LogP contribution in [0.2, 0.25) is 0 Å². The molecular weight excluding hydrogens is 1090 g/mol. The first kappa shape index (κ1) is 60.7. The lowest BCUT2D eigenvalue weighted by Crippen LogP contribution is -2.52. The molecule has 2 amide bonds. The fourth-order valence-electron chi connectivity index (χ4n) is 12.9. The van der Waals surface area contributed by atoms with Crippen molar-refractivity contribution in [2.24, 2.45) is 0 Å². The number of benzene rings is 3. The van der Waals surface area contributed by atoms with Crippen LogP contribution in [0, 0.1) is 0 Å². The van der Waals surface area contributed by atoms with Gasteiger partial charge in [-0.05, 0) is 108 Å². The van der Waals surface area contributed by atoms with E-state index < -0.39 is 46.8 Å². The molecule has 6 heterocycles. The van der Waals surface area contributed by atoms with Crippen LogP contribution in [0.3, 0.4) is 0 Å². The number of carbonyl (C=O) groups excluding carboxylic acids is 2. The van der Waals surface area contributed by atoms with Crippen LogP contribution < -0.4 is 41.2 Å².